The Morgan fingerprint density at radius 3 is 2.54 bits per heavy atom. The molecular formula is C26H34O2. The van der Waals surface area contributed by atoms with Crippen LogP contribution in [0.5, 0.6) is 0 Å². The van der Waals surface area contributed by atoms with E-state index in [9.17, 15) is 10.2 Å². The molecule has 3 fully saturated rings. The van der Waals surface area contributed by atoms with E-state index in [0.717, 1.165) is 38.5 Å². The Balaban J connectivity index is 1.47. The fourth-order valence-corrected chi connectivity index (χ4v) is 7.40. The number of aliphatic hydroxyl groups is 2. The van der Waals surface area contributed by atoms with Crippen LogP contribution in [0.25, 0.3) is 6.08 Å². The normalized spacial score (nSPS) is 46.5. The van der Waals surface area contributed by atoms with Crippen LogP contribution in [0.2, 0.25) is 0 Å². The van der Waals surface area contributed by atoms with Crippen LogP contribution in [0, 0.1) is 28.6 Å². The molecule has 5 rings (SSSR count). The molecule has 0 aromatic heterocycles. The van der Waals surface area contributed by atoms with Gasteiger partial charge in [0.15, 0.2) is 0 Å². The molecule has 0 amide bonds. The van der Waals surface area contributed by atoms with Crippen LogP contribution in [0.4, 0.5) is 0 Å². The summed E-state index contributed by atoms with van der Waals surface area (Å²) in [6.07, 6.45) is 11.7. The average Bonchev–Trinajstić information content (AvgIpc) is 2.94. The van der Waals surface area contributed by atoms with Crippen LogP contribution < -0.4 is 0 Å². The Hall–Kier alpha value is -1.38. The second-order valence-corrected chi connectivity index (χ2v) is 10.4. The average molecular weight is 379 g/mol. The lowest BCUT2D eigenvalue weighted by molar-refractivity contribution is -0.0685. The van der Waals surface area contributed by atoms with Gasteiger partial charge >= 0.3 is 0 Å². The molecule has 4 aliphatic carbocycles. The first kappa shape index (κ1) is 18.6. The van der Waals surface area contributed by atoms with Gasteiger partial charge in [-0.25, -0.2) is 0 Å². The predicted molar refractivity (Wildman–Crippen MR) is 114 cm³/mol. The quantitative estimate of drug-likeness (QED) is 0.646. The highest BCUT2D eigenvalue weighted by Crippen LogP contribution is 2.65. The molecule has 2 heteroatoms. The third kappa shape index (κ3) is 2.68. The molecule has 4 aliphatic rings. The molecule has 7 atom stereocenters. The number of hydrogen-bond donors (Lipinski definition) is 2. The molecule has 0 aliphatic heterocycles. The summed E-state index contributed by atoms with van der Waals surface area (Å²) in [5.74, 6) is 1.94. The van der Waals surface area contributed by atoms with Crippen LogP contribution in [-0.2, 0) is 0 Å². The molecule has 0 saturated heterocycles. The monoisotopic (exact) mass is 378 g/mol. The zero-order valence-electron chi connectivity index (χ0n) is 17.3. The van der Waals surface area contributed by atoms with E-state index in [-0.39, 0.29) is 23.0 Å². The van der Waals surface area contributed by atoms with Crippen LogP contribution in [0.15, 0.2) is 47.6 Å². The van der Waals surface area contributed by atoms with Crippen molar-refractivity contribution in [1.29, 1.82) is 0 Å². The molecule has 150 valence electrons. The summed E-state index contributed by atoms with van der Waals surface area (Å²) in [6.45, 7) is 4.81. The van der Waals surface area contributed by atoms with Crippen LogP contribution in [0.3, 0.4) is 0 Å². The molecule has 3 saturated carbocycles. The third-order valence-corrected chi connectivity index (χ3v) is 9.10. The Bertz CT molecular complexity index is 809. The van der Waals surface area contributed by atoms with Crippen molar-refractivity contribution in [3.63, 3.8) is 0 Å². The number of hydrogen-bond acceptors (Lipinski definition) is 2. The Labute approximate surface area is 169 Å². The second-order valence-electron chi connectivity index (χ2n) is 10.4. The zero-order valence-corrected chi connectivity index (χ0v) is 17.3. The first-order valence-electron chi connectivity index (χ1n) is 11.2. The van der Waals surface area contributed by atoms with Crippen molar-refractivity contribution in [2.75, 3.05) is 0 Å². The van der Waals surface area contributed by atoms with Crippen molar-refractivity contribution in [2.24, 2.45) is 28.6 Å². The van der Waals surface area contributed by atoms with E-state index in [1.165, 1.54) is 23.1 Å². The van der Waals surface area contributed by atoms with E-state index >= 15 is 0 Å². The number of fused-ring (bicyclic) bond motifs is 5. The van der Waals surface area contributed by atoms with Gasteiger partial charge in [-0.2, -0.15) is 0 Å². The number of allylic oxidation sites excluding steroid dienone is 1. The van der Waals surface area contributed by atoms with Crippen molar-refractivity contribution in [3.05, 3.63) is 53.1 Å². The lowest BCUT2D eigenvalue weighted by Gasteiger charge is -2.57. The summed E-state index contributed by atoms with van der Waals surface area (Å²) in [7, 11) is 0. The van der Waals surface area contributed by atoms with Gasteiger partial charge in [0.1, 0.15) is 0 Å². The molecule has 0 bridgehead atoms. The Morgan fingerprint density at radius 1 is 0.964 bits per heavy atom. The highest BCUT2D eigenvalue weighted by molar-refractivity contribution is 5.55. The van der Waals surface area contributed by atoms with Gasteiger partial charge in [0.25, 0.3) is 0 Å². The van der Waals surface area contributed by atoms with Crippen molar-refractivity contribution >= 4 is 6.08 Å². The molecule has 2 N–H and O–H groups in total. The summed E-state index contributed by atoms with van der Waals surface area (Å²) in [5, 5.41) is 21.5. The molecule has 1 aromatic carbocycles. The maximum atomic E-state index is 11.3. The molecule has 0 unspecified atom stereocenters. The summed E-state index contributed by atoms with van der Waals surface area (Å²) in [4.78, 5) is 0. The molecular weight excluding hydrogens is 344 g/mol. The van der Waals surface area contributed by atoms with Gasteiger partial charge in [-0.3, -0.25) is 0 Å². The Morgan fingerprint density at radius 2 is 1.75 bits per heavy atom. The van der Waals surface area contributed by atoms with Gasteiger partial charge in [-0.05, 0) is 79.3 Å². The van der Waals surface area contributed by atoms with Gasteiger partial charge in [-0.1, -0.05) is 61.9 Å². The van der Waals surface area contributed by atoms with Crippen LogP contribution >= 0.6 is 0 Å². The van der Waals surface area contributed by atoms with Gasteiger partial charge in [-0.15, -0.1) is 0 Å². The number of rotatable bonds is 1. The summed E-state index contributed by atoms with van der Waals surface area (Å²) in [6, 6.07) is 10.5. The Kier molecular flexibility index (Phi) is 4.37. The van der Waals surface area contributed by atoms with E-state index in [4.69, 9.17) is 0 Å². The van der Waals surface area contributed by atoms with Crippen molar-refractivity contribution in [2.45, 2.75) is 71.0 Å². The number of aliphatic hydroxyl groups excluding tert-OH is 2. The van der Waals surface area contributed by atoms with Crippen LogP contribution in [-0.4, -0.2) is 22.4 Å². The van der Waals surface area contributed by atoms with E-state index in [1.807, 2.05) is 6.07 Å². The fourth-order valence-electron chi connectivity index (χ4n) is 7.40. The van der Waals surface area contributed by atoms with Gasteiger partial charge < -0.3 is 10.2 Å². The smallest absolute Gasteiger partial charge is 0.0809 e. The lowest BCUT2D eigenvalue weighted by atomic mass is 9.48. The zero-order chi connectivity index (χ0) is 19.5. The molecule has 0 radical (unpaired) electrons. The summed E-state index contributed by atoms with van der Waals surface area (Å²) >= 11 is 0. The summed E-state index contributed by atoms with van der Waals surface area (Å²) in [5.41, 5.74) is 4.24. The minimum absolute atomic E-state index is 0.0116. The first-order valence-corrected chi connectivity index (χ1v) is 11.2. The van der Waals surface area contributed by atoms with E-state index in [2.05, 4.69) is 50.3 Å². The van der Waals surface area contributed by atoms with E-state index in [1.54, 1.807) is 0 Å². The maximum Gasteiger partial charge on any atom is 0.0809 e. The van der Waals surface area contributed by atoms with Crippen LogP contribution in [0.1, 0.15) is 64.4 Å². The first-order chi connectivity index (χ1) is 13.4. The minimum atomic E-state index is -0.315. The van der Waals surface area contributed by atoms with Gasteiger partial charge in [0.05, 0.1) is 12.2 Å². The largest absolute Gasteiger partial charge is 0.393 e. The summed E-state index contributed by atoms with van der Waals surface area (Å²) < 4.78 is 0. The number of benzene rings is 1. The SMILES string of the molecule is C[C@]12CC[C@H]3[C@@H](CC=C4C[C@@H](O)CC[C@@]43C)[C@@H]1C/C(=C/c1ccccc1)[C@@H]2O. The highest BCUT2D eigenvalue weighted by Gasteiger charge is 2.59. The molecule has 28 heavy (non-hydrogen) atoms. The van der Waals surface area contributed by atoms with Gasteiger partial charge in [0, 0.05) is 5.41 Å². The molecule has 1 aromatic rings. The lowest BCUT2D eigenvalue weighted by Crippen LogP contribution is -2.51. The topological polar surface area (TPSA) is 40.5 Å². The van der Waals surface area contributed by atoms with Crippen molar-refractivity contribution < 1.29 is 10.2 Å². The molecule has 0 spiro atoms. The van der Waals surface area contributed by atoms with E-state index < -0.39 is 0 Å². The van der Waals surface area contributed by atoms with Gasteiger partial charge in [0.2, 0.25) is 0 Å². The molecule has 0 heterocycles. The van der Waals surface area contributed by atoms with E-state index in [0.29, 0.717) is 17.8 Å². The van der Waals surface area contributed by atoms with Crippen molar-refractivity contribution in [3.8, 4) is 0 Å². The second kappa shape index (κ2) is 6.57. The molecule has 2 nitrogen and oxygen atoms in total. The predicted octanol–water partition coefficient (Wildman–Crippen LogP) is 5.36. The minimum Gasteiger partial charge on any atom is -0.393 e. The maximum absolute atomic E-state index is 11.3. The standard InChI is InChI=1S/C26H34O2/c1-25-12-10-20(27)16-19(25)8-9-21-22(25)11-13-26(2)23(21)15-18(24(26)28)14-17-6-4-3-5-7-17/h3-8,14,20-24,27-28H,9-13,15-16H2,1-2H3/b18-14-/t20-,21+,22-,23-,24-,25-,26-/m0/s1. The third-order valence-electron chi connectivity index (χ3n) is 9.10. The fraction of sp³-hybridized carbons (Fsp3) is 0.615. The highest BCUT2D eigenvalue weighted by atomic mass is 16.3. The van der Waals surface area contributed by atoms with Crippen molar-refractivity contribution in [1.82, 2.24) is 0 Å².